The zero-order valence-corrected chi connectivity index (χ0v) is 20.8. The molecule has 2 aromatic rings. The van der Waals surface area contributed by atoms with Crippen molar-refractivity contribution in [2.45, 2.75) is 69.5 Å². The van der Waals surface area contributed by atoms with Gasteiger partial charge in [0.1, 0.15) is 12.1 Å². The minimum Gasteiger partial charge on any atom is -0.328 e. The highest BCUT2D eigenvalue weighted by Crippen LogP contribution is 2.46. The summed E-state index contributed by atoms with van der Waals surface area (Å²) < 4.78 is 1.73. The second kappa shape index (κ2) is 9.04. The molecule has 1 N–H and O–H groups in total. The Hall–Kier alpha value is -3.74. The Bertz CT molecular complexity index is 1240. The van der Waals surface area contributed by atoms with Gasteiger partial charge in [0.15, 0.2) is 5.69 Å². The van der Waals surface area contributed by atoms with E-state index in [9.17, 15) is 19.6 Å². The van der Waals surface area contributed by atoms with Gasteiger partial charge in [0, 0.05) is 25.7 Å². The molecule has 3 amide bonds. The van der Waals surface area contributed by atoms with Crippen molar-refractivity contribution in [1.82, 2.24) is 24.8 Å². The van der Waals surface area contributed by atoms with Crippen molar-refractivity contribution < 1.29 is 14.4 Å². The molecule has 0 bridgehead atoms. The maximum Gasteiger partial charge on any atom is 0.276 e. The van der Waals surface area contributed by atoms with Gasteiger partial charge in [0.05, 0.1) is 23.7 Å². The smallest absolute Gasteiger partial charge is 0.276 e. The van der Waals surface area contributed by atoms with E-state index >= 15 is 0 Å². The summed E-state index contributed by atoms with van der Waals surface area (Å²) in [6, 6.07) is 8.35. The molecule has 0 unspecified atom stereocenters. The third-order valence-electron chi connectivity index (χ3n) is 7.86. The number of anilines is 1. The van der Waals surface area contributed by atoms with Crippen molar-refractivity contribution in [1.29, 1.82) is 5.26 Å². The van der Waals surface area contributed by atoms with Gasteiger partial charge in [-0.15, -0.1) is 5.10 Å². The fraction of sp³-hybridized carbons (Fsp3) is 0.538. The number of nitrogens with zero attached hydrogens (tertiary/aromatic N) is 6. The Morgan fingerprint density at radius 1 is 1.31 bits per heavy atom. The van der Waals surface area contributed by atoms with Gasteiger partial charge in [-0.05, 0) is 43.2 Å². The number of para-hydroxylation sites is 1. The molecular formula is C26H31N7O3. The van der Waals surface area contributed by atoms with Crippen molar-refractivity contribution in [3.8, 4) is 6.07 Å². The van der Waals surface area contributed by atoms with Crippen LogP contribution >= 0.6 is 0 Å². The molecule has 1 aromatic heterocycles. The zero-order valence-electron chi connectivity index (χ0n) is 20.8. The summed E-state index contributed by atoms with van der Waals surface area (Å²) in [5.74, 6) is -0.790. The van der Waals surface area contributed by atoms with E-state index in [4.69, 9.17) is 0 Å². The molecule has 10 heteroatoms. The topological polar surface area (TPSA) is 124 Å². The summed E-state index contributed by atoms with van der Waals surface area (Å²) in [5, 5.41) is 21.1. The van der Waals surface area contributed by atoms with E-state index in [0.717, 1.165) is 24.8 Å². The Balaban J connectivity index is 1.41. The Labute approximate surface area is 210 Å². The molecule has 5 rings (SSSR count). The number of aromatic nitrogens is 3. The Morgan fingerprint density at radius 3 is 2.72 bits per heavy atom. The standard InChI is InChI=1S/C26H31N7O3/c1-16(2)11-22(31(3)23(34)21-14-33(30-29-21)17-7-6-8-17)24(35)32-15-26(12-18(32)13-27)19-9-4-5-10-20(19)28-25(26)36/h4-5,9-10,14,16-18,22H,6-8,11-12,15H2,1-3H3,(H,28,36)/t18-,22-,26-/m0/s1. The number of amides is 3. The molecule has 10 nitrogen and oxygen atoms in total. The highest BCUT2D eigenvalue weighted by Gasteiger charge is 2.56. The first-order valence-electron chi connectivity index (χ1n) is 12.5. The van der Waals surface area contributed by atoms with Gasteiger partial charge in [-0.25, -0.2) is 4.68 Å². The van der Waals surface area contributed by atoms with Crippen LogP contribution < -0.4 is 5.32 Å². The SMILES string of the molecule is CC(C)C[C@@H](C(=O)N1C[C@]2(C[C@H]1C#N)C(=O)Nc1ccccc12)N(C)C(=O)c1cn(C2CCC2)nn1. The van der Waals surface area contributed by atoms with Crippen LogP contribution in [0.3, 0.4) is 0 Å². The van der Waals surface area contributed by atoms with Crippen LogP contribution in [-0.2, 0) is 15.0 Å². The third-order valence-corrected chi connectivity index (χ3v) is 7.86. The van der Waals surface area contributed by atoms with Gasteiger partial charge in [-0.3, -0.25) is 14.4 Å². The average molecular weight is 490 g/mol. The number of likely N-dealkylation sites (tertiary alicyclic amines) is 1. The number of likely N-dealkylation sites (N-methyl/N-ethyl adjacent to an activating group) is 1. The third kappa shape index (κ3) is 3.83. The predicted molar refractivity (Wildman–Crippen MR) is 131 cm³/mol. The molecule has 3 atom stereocenters. The molecule has 1 saturated heterocycles. The molecule has 3 aliphatic rings. The number of hydrogen-bond acceptors (Lipinski definition) is 6. The van der Waals surface area contributed by atoms with Crippen molar-refractivity contribution >= 4 is 23.4 Å². The number of fused-ring (bicyclic) bond motifs is 2. The molecule has 1 saturated carbocycles. The van der Waals surface area contributed by atoms with Crippen LogP contribution in [-0.4, -0.2) is 68.2 Å². The van der Waals surface area contributed by atoms with E-state index < -0.39 is 17.5 Å². The first kappa shape index (κ1) is 24.0. The van der Waals surface area contributed by atoms with Crippen molar-refractivity contribution in [2.24, 2.45) is 5.92 Å². The first-order valence-corrected chi connectivity index (χ1v) is 12.5. The lowest BCUT2D eigenvalue weighted by molar-refractivity contribution is -0.136. The number of hydrogen-bond donors (Lipinski definition) is 1. The van der Waals surface area contributed by atoms with Crippen LogP contribution in [0.1, 0.15) is 68.0 Å². The lowest BCUT2D eigenvalue weighted by Gasteiger charge is -2.33. The summed E-state index contributed by atoms with van der Waals surface area (Å²) in [7, 11) is 1.60. The minimum atomic E-state index is -0.969. The van der Waals surface area contributed by atoms with Crippen LogP contribution in [0.4, 0.5) is 5.69 Å². The van der Waals surface area contributed by atoms with Crippen LogP contribution in [0.15, 0.2) is 30.5 Å². The van der Waals surface area contributed by atoms with Crippen molar-refractivity contribution in [3.05, 3.63) is 41.7 Å². The second-order valence-corrected chi connectivity index (χ2v) is 10.6. The number of benzene rings is 1. The van der Waals surface area contributed by atoms with Gasteiger partial charge < -0.3 is 15.1 Å². The van der Waals surface area contributed by atoms with Crippen molar-refractivity contribution in [2.75, 3.05) is 18.9 Å². The van der Waals surface area contributed by atoms with Crippen LogP contribution in [0.2, 0.25) is 0 Å². The predicted octanol–water partition coefficient (Wildman–Crippen LogP) is 2.50. The van der Waals surface area contributed by atoms with E-state index in [1.54, 1.807) is 17.9 Å². The number of carbonyl (C=O) groups excluding carboxylic acids is 3. The van der Waals surface area contributed by atoms with Gasteiger partial charge in [0.2, 0.25) is 11.8 Å². The summed E-state index contributed by atoms with van der Waals surface area (Å²) in [4.78, 5) is 43.3. The maximum absolute atomic E-state index is 14.0. The normalized spacial score (nSPS) is 23.8. The highest BCUT2D eigenvalue weighted by atomic mass is 16.2. The van der Waals surface area contributed by atoms with E-state index in [1.165, 1.54) is 9.80 Å². The fourth-order valence-electron chi connectivity index (χ4n) is 5.58. The molecule has 1 spiro atoms. The molecular weight excluding hydrogens is 458 g/mol. The molecule has 3 heterocycles. The second-order valence-electron chi connectivity index (χ2n) is 10.6. The Morgan fingerprint density at radius 2 is 2.06 bits per heavy atom. The molecule has 1 aliphatic carbocycles. The van der Waals surface area contributed by atoms with E-state index in [2.05, 4.69) is 21.7 Å². The number of carbonyl (C=O) groups is 3. The number of rotatable bonds is 6. The molecule has 36 heavy (non-hydrogen) atoms. The van der Waals surface area contributed by atoms with Gasteiger partial charge in [-0.2, -0.15) is 5.26 Å². The average Bonchev–Trinajstić information content (AvgIpc) is 3.52. The van der Waals surface area contributed by atoms with E-state index in [1.807, 2.05) is 38.1 Å². The van der Waals surface area contributed by atoms with Crippen LogP contribution in [0.5, 0.6) is 0 Å². The van der Waals surface area contributed by atoms with Crippen LogP contribution in [0.25, 0.3) is 0 Å². The zero-order chi connectivity index (χ0) is 25.6. The molecule has 0 radical (unpaired) electrons. The first-order chi connectivity index (χ1) is 17.2. The molecule has 1 aromatic carbocycles. The monoisotopic (exact) mass is 489 g/mol. The van der Waals surface area contributed by atoms with Gasteiger partial charge >= 0.3 is 0 Å². The number of nitrogens with one attached hydrogen (secondary N) is 1. The van der Waals surface area contributed by atoms with Crippen LogP contribution in [0, 0.1) is 17.2 Å². The molecule has 188 valence electrons. The summed E-state index contributed by atoms with van der Waals surface area (Å²) in [6.07, 6.45) is 5.47. The van der Waals surface area contributed by atoms with Crippen molar-refractivity contribution in [3.63, 3.8) is 0 Å². The molecule has 2 fully saturated rings. The van der Waals surface area contributed by atoms with E-state index in [-0.39, 0.29) is 48.3 Å². The summed E-state index contributed by atoms with van der Waals surface area (Å²) >= 11 is 0. The highest BCUT2D eigenvalue weighted by molar-refractivity contribution is 6.07. The maximum atomic E-state index is 14.0. The molecule has 2 aliphatic heterocycles. The lowest BCUT2D eigenvalue weighted by atomic mass is 9.80. The largest absolute Gasteiger partial charge is 0.328 e. The van der Waals surface area contributed by atoms with Gasteiger partial charge in [0.25, 0.3) is 5.91 Å². The number of nitriles is 1. The Kier molecular flexibility index (Phi) is 6.02. The summed E-state index contributed by atoms with van der Waals surface area (Å²) in [6.45, 7) is 4.07. The van der Waals surface area contributed by atoms with E-state index in [0.29, 0.717) is 12.1 Å². The quantitative estimate of drug-likeness (QED) is 0.665. The summed E-state index contributed by atoms with van der Waals surface area (Å²) in [5.41, 5.74) is 0.755. The lowest BCUT2D eigenvalue weighted by Crippen LogP contribution is -2.52. The fourth-order valence-corrected chi connectivity index (χ4v) is 5.58. The van der Waals surface area contributed by atoms with Gasteiger partial charge in [-0.1, -0.05) is 37.3 Å². The minimum absolute atomic E-state index is 0.0986.